The molecule has 18 heavy (non-hydrogen) atoms. The van der Waals surface area contributed by atoms with Gasteiger partial charge in [-0.15, -0.1) is 0 Å². The molecule has 5 heteroatoms. The van der Waals surface area contributed by atoms with Crippen LogP contribution in [0.3, 0.4) is 0 Å². The number of hydrogen-bond donors (Lipinski definition) is 1. The fourth-order valence-corrected chi connectivity index (χ4v) is 2.30. The van der Waals surface area contributed by atoms with E-state index >= 15 is 0 Å². The molecule has 1 aromatic rings. The number of alkyl halides is 3. The molecule has 1 aromatic carbocycles. The number of aryl methyl sites for hydroxylation is 1. The Morgan fingerprint density at radius 2 is 1.67 bits per heavy atom. The minimum Gasteiger partial charge on any atom is -0.314 e. The highest BCUT2D eigenvalue weighted by Crippen LogP contribution is 2.37. The molecule has 0 aromatic heterocycles. The average molecular weight is 258 g/mol. The number of hydrogen-bond acceptors (Lipinski definition) is 2. The van der Waals surface area contributed by atoms with Gasteiger partial charge in [0.05, 0.1) is 0 Å². The zero-order chi connectivity index (χ0) is 13.2. The molecule has 1 aliphatic rings. The zero-order valence-electron chi connectivity index (χ0n) is 10.3. The van der Waals surface area contributed by atoms with Crippen molar-refractivity contribution in [2.75, 3.05) is 26.2 Å². The molecule has 0 aliphatic carbocycles. The van der Waals surface area contributed by atoms with E-state index in [-0.39, 0.29) is 0 Å². The second-order valence-electron chi connectivity index (χ2n) is 4.64. The van der Waals surface area contributed by atoms with Crippen LogP contribution in [0, 0.1) is 6.92 Å². The third kappa shape index (κ3) is 3.03. The topological polar surface area (TPSA) is 15.3 Å². The largest absolute Gasteiger partial charge is 0.408 e. The first-order valence-electron chi connectivity index (χ1n) is 6.06. The highest BCUT2D eigenvalue weighted by Gasteiger charge is 2.44. The second kappa shape index (κ2) is 5.28. The summed E-state index contributed by atoms with van der Waals surface area (Å²) < 4.78 is 39.7. The van der Waals surface area contributed by atoms with Crippen LogP contribution in [-0.4, -0.2) is 37.3 Å². The first-order valence-corrected chi connectivity index (χ1v) is 6.06. The van der Waals surface area contributed by atoms with E-state index < -0.39 is 12.2 Å². The molecule has 2 nitrogen and oxygen atoms in total. The zero-order valence-corrected chi connectivity index (χ0v) is 10.3. The normalized spacial score (nSPS) is 19.8. The monoisotopic (exact) mass is 258 g/mol. The van der Waals surface area contributed by atoms with Gasteiger partial charge in [0.1, 0.15) is 6.04 Å². The quantitative estimate of drug-likeness (QED) is 0.876. The fraction of sp³-hybridized carbons (Fsp3) is 0.538. The fourth-order valence-electron chi connectivity index (χ4n) is 2.30. The molecule has 2 rings (SSSR count). The van der Waals surface area contributed by atoms with Gasteiger partial charge in [0, 0.05) is 26.2 Å². The molecule has 0 radical (unpaired) electrons. The van der Waals surface area contributed by atoms with Crippen molar-refractivity contribution in [3.63, 3.8) is 0 Å². The van der Waals surface area contributed by atoms with Crippen molar-refractivity contribution >= 4 is 0 Å². The SMILES string of the molecule is Cc1ccc([C@@H](N2CCNCC2)C(F)(F)F)cc1. The van der Waals surface area contributed by atoms with Gasteiger partial charge in [-0.05, 0) is 12.5 Å². The average Bonchev–Trinajstić information content (AvgIpc) is 2.32. The summed E-state index contributed by atoms with van der Waals surface area (Å²) in [6, 6.07) is 5.14. The van der Waals surface area contributed by atoms with E-state index in [1.165, 1.54) is 4.90 Å². The summed E-state index contributed by atoms with van der Waals surface area (Å²) in [5, 5.41) is 3.07. The number of rotatable bonds is 2. The minimum absolute atomic E-state index is 0.329. The van der Waals surface area contributed by atoms with Gasteiger partial charge in [-0.2, -0.15) is 13.2 Å². The Kier molecular flexibility index (Phi) is 3.92. The molecule has 0 saturated carbocycles. The van der Waals surface area contributed by atoms with Crippen LogP contribution in [0.1, 0.15) is 17.2 Å². The Morgan fingerprint density at radius 1 is 1.11 bits per heavy atom. The summed E-state index contributed by atoms with van der Waals surface area (Å²) in [5.74, 6) is 0. The molecular weight excluding hydrogens is 241 g/mol. The number of benzene rings is 1. The van der Waals surface area contributed by atoms with E-state index in [9.17, 15) is 13.2 Å². The lowest BCUT2D eigenvalue weighted by Crippen LogP contribution is -2.49. The van der Waals surface area contributed by atoms with Crippen molar-refractivity contribution in [1.29, 1.82) is 0 Å². The Labute approximate surface area is 105 Å². The predicted octanol–water partition coefficient (Wildman–Crippen LogP) is 2.50. The molecular formula is C13H17F3N2. The molecule has 0 amide bonds. The van der Waals surface area contributed by atoms with Crippen molar-refractivity contribution in [2.24, 2.45) is 0 Å². The van der Waals surface area contributed by atoms with E-state index in [1.807, 2.05) is 6.92 Å². The van der Waals surface area contributed by atoms with E-state index in [1.54, 1.807) is 24.3 Å². The molecule has 0 unspecified atom stereocenters. The highest BCUT2D eigenvalue weighted by molar-refractivity contribution is 5.25. The van der Waals surface area contributed by atoms with E-state index in [0.717, 1.165) is 5.56 Å². The van der Waals surface area contributed by atoms with Crippen molar-refractivity contribution < 1.29 is 13.2 Å². The lowest BCUT2D eigenvalue weighted by Gasteiger charge is -2.36. The van der Waals surface area contributed by atoms with E-state index in [4.69, 9.17) is 0 Å². The summed E-state index contributed by atoms with van der Waals surface area (Å²) >= 11 is 0. The van der Waals surface area contributed by atoms with Crippen LogP contribution in [-0.2, 0) is 0 Å². The third-order valence-corrected chi connectivity index (χ3v) is 3.22. The number of nitrogens with zero attached hydrogens (tertiary/aromatic N) is 1. The Bertz CT molecular complexity index is 380. The maximum atomic E-state index is 13.2. The molecule has 1 saturated heterocycles. The smallest absolute Gasteiger partial charge is 0.314 e. The number of halogens is 3. The lowest BCUT2D eigenvalue weighted by atomic mass is 10.0. The van der Waals surface area contributed by atoms with Gasteiger partial charge < -0.3 is 5.32 Å². The van der Waals surface area contributed by atoms with Gasteiger partial charge in [0.2, 0.25) is 0 Å². The van der Waals surface area contributed by atoms with Gasteiger partial charge in [0.25, 0.3) is 0 Å². The maximum Gasteiger partial charge on any atom is 0.408 e. The molecule has 1 fully saturated rings. The van der Waals surface area contributed by atoms with Gasteiger partial charge in [-0.1, -0.05) is 29.8 Å². The van der Waals surface area contributed by atoms with Crippen molar-refractivity contribution in [2.45, 2.75) is 19.1 Å². The van der Waals surface area contributed by atoms with Gasteiger partial charge in [0.15, 0.2) is 0 Å². The molecule has 0 spiro atoms. The third-order valence-electron chi connectivity index (χ3n) is 3.22. The van der Waals surface area contributed by atoms with E-state index in [0.29, 0.717) is 31.7 Å². The van der Waals surface area contributed by atoms with Crippen LogP contribution in [0.2, 0.25) is 0 Å². The van der Waals surface area contributed by atoms with Crippen LogP contribution in [0.4, 0.5) is 13.2 Å². The predicted molar refractivity (Wildman–Crippen MR) is 64.4 cm³/mol. The molecule has 0 bridgehead atoms. The molecule has 1 heterocycles. The van der Waals surface area contributed by atoms with Crippen LogP contribution in [0.5, 0.6) is 0 Å². The van der Waals surface area contributed by atoms with Gasteiger partial charge in [-0.25, -0.2) is 0 Å². The van der Waals surface area contributed by atoms with Crippen molar-refractivity contribution in [1.82, 2.24) is 10.2 Å². The standard InChI is InChI=1S/C13H17F3N2/c1-10-2-4-11(5-3-10)12(13(14,15)16)18-8-6-17-7-9-18/h2-5,12,17H,6-9H2,1H3/t12-/m1/s1. The summed E-state index contributed by atoms with van der Waals surface area (Å²) in [6.07, 6.45) is -4.23. The van der Waals surface area contributed by atoms with Gasteiger partial charge >= 0.3 is 6.18 Å². The van der Waals surface area contributed by atoms with Crippen LogP contribution in [0.15, 0.2) is 24.3 Å². The number of piperazine rings is 1. The van der Waals surface area contributed by atoms with E-state index in [2.05, 4.69) is 5.32 Å². The van der Waals surface area contributed by atoms with Gasteiger partial charge in [-0.3, -0.25) is 4.90 Å². The van der Waals surface area contributed by atoms with Crippen molar-refractivity contribution in [3.8, 4) is 0 Å². The highest BCUT2D eigenvalue weighted by atomic mass is 19.4. The second-order valence-corrected chi connectivity index (χ2v) is 4.64. The number of nitrogens with one attached hydrogen (secondary N) is 1. The van der Waals surface area contributed by atoms with Crippen LogP contribution in [0.25, 0.3) is 0 Å². The summed E-state index contributed by atoms with van der Waals surface area (Å²) in [5.41, 5.74) is 1.30. The molecule has 1 atom stereocenters. The Balaban J connectivity index is 2.27. The van der Waals surface area contributed by atoms with Crippen molar-refractivity contribution in [3.05, 3.63) is 35.4 Å². The summed E-state index contributed by atoms with van der Waals surface area (Å²) in [6.45, 7) is 3.95. The first kappa shape index (κ1) is 13.4. The Morgan fingerprint density at radius 3 is 2.17 bits per heavy atom. The summed E-state index contributed by atoms with van der Waals surface area (Å²) in [4.78, 5) is 1.50. The maximum absolute atomic E-state index is 13.2. The minimum atomic E-state index is -4.23. The van der Waals surface area contributed by atoms with Crippen LogP contribution >= 0.6 is 0 Å². The first-order chi connectivity index (χ1) is 8.48. The van der Waals surface area contributed by atoms with Crippen LogP contribution < -0.4 is 5.32 Å². The Hall–Kier alpha value is -1.07. The lowest BCUT2D eigenvalue weighted by molar-refractivity contribution is -0.187. The molecule has 100 valence electrons. The molecule has 1 aliphatic heterocycles. The molecule has 1 N–H and O–H groups in total. The summed E-state index contributed by atoms with van der Waals surface area (Å²) in [7, 11) is 0.